The van der Waals surface area contributed by atoms with Gasteiger partial charge in [-0.3, -0.25) is 9.10 Å². The second-order valence-corrected chi connectivity index (χ2v) is 7.50. The van der Waals surface area contributed by atoms with E-state index in [0.717, 1.165) is 10.6 Å². The summed E-state index contributed by atoms with van der Waals surface area (Å²) < 4.78 is 29.3. The van der Waals surface area contributed by atoms with Crippen molar-refractivity contribution in [1.82, 2.24) is 0 Å². The first-order valence-electron chi connectivity index (χ1n) is 6.91. The number of ether oxygens (including phenoxy) is 1. The molecule has 0 aliphatic rings. The van der Waals surface area contributed by atoms with Crippen molar-refractivity contribution < 1.29 is 17.9 Å². The molecule has 0 spiro atoms. The van der Waals surface area contributed by atoms with Crippen LogP contribution in [0.5, 0.6) is 5.75 Å². The van der Waals surface area contributed by atoms with Crippen LogP contribution in [-0.4, -0.2) is 34.7 Å². The van der Waals surface area contributed by atoms with Gasteiger partial charge >= 0.3 is 0 Å². The Kier molecular flexibility index (Phi) is 5.36. The number of carbonyl (C=O) groups is 1. The van der Waals surface area contributed by atoms with Crippen LogP contribution in [0, 0.1) is 0 Å². The van der Waals surface area contributed by atoms with E-state index in [9.17, 15) is 13.2 Å². The molecule has 0 bridgehead atoms. The molecule has 0 atom stereocenters. The van der Waals surface area contributed by atoms with E-state index in [0.29, 0.717) is 17.1 Å². The summed E-state index contributed by atoms with van der Waals surface area (Å²) in [7, 11) is -0.452. The minimum absolute atomic E-state index is 0.156. The number of benzene rings is 2. The predicted octanol–water partition coefficient (Wildman–Crippen LogP) is 3.00. The maximum atomic E-state index is 12.3. The lowest BCUT2D eigenvalue weighted by Crippen LogP contribution is -2.25. The summed E-state index contributed by atoms with van der Waals surface area (Å²) in [6, 6.07) is 11.3. The molecule has 0 saturated carbocycles. The lowest BCUT2D eigenvalue weighted by Gasteiger charge is -2.17. The van der Waals surface area contributed by atoms with Gasteiger partial charge in [-0.1, -0.05) is 17.7 Å². The molecule has 1 N–H and O–H groups in total. The maximum Gasteiger partial charge on any atom is 0.257 e. The number of anilines is 2. The summed E-state index contributed by atoms with van der Waals surface area (Å²) >= 11 is 6.14. The molecular formula is C16H17ClN2O4S. The summed E-state index contributed by atoms with van der Waals surface area (Å²) in [5, 5.41) is 2.87. The zero-order chi connectivity index (χ0) is 17.9. The Morgan fingerprint density at radius 3 is 2.50 bits per heavy atom. The van der Waals surface area contributed by atoms with Gasteiger partial charge in [0.15, 0.2) is 0 Å². The Bertz CT molecular complexity index is 868. The smallest absolute Gasteiger partial charge is 0.257 e. The fourth-order valence-electron chi connectivity index (χ4n) is 1.97. The number of halogens is 1. The standard InChI is InChI=1S/C16H17ClN2O4S/c1-19(24(3,21)22)12-7-8-14(15(17)10-12)16(20)18-11-5-4-6-13(9-11)23-2/h4-10H,1-3H3,(H,18,20). The van der Waals surface area contributed by atoms with Crippen molar-refractivity contribution >= 4 is 38.9 Å². The second-order valence-electron chi connectivity index (χ2n) is 5.08. The fraction of sp³-hybridized carbons (Fsp3) is 0.188. The summed E-state index contributed by atoms with van der Waals surface area (Å²) in [5.74, 6) is 0.214. The molecule has 0 aliphatic carbocycles. The molecule has 0 aromatic heterocycles. The van der Waals surface area contributed by atoms with Crippen LogP contribution in [0.1, 0.15) is 10.4 Å². The van der Waals surface area contributed by atoms with Gasteiger partial charge in [-0.15, -0.1) is 0 Å². The van der Waals surface area contributed by atoms with Crippen molar-refractivity contribution in [3.63, 3.8) is 0 Å². The van der Waals surface area contributed by atoms with Crippen molar-refractivity contribution in [3.05, 3.63) is 53.1 Å². The van der Waals surface area contributed by atoms with E-state index < -0.39 is 15.9 Å². The van der Waals surface area contributed by atoms with Gasteiger partial charge in [-0.05, 0) is 30.3 Å². The van der Waals surface area contributed by atoms with Crippen molar-refractivity contribution in [2.45, 2.75) is 0 Å². The van der Waals surface area contributed by atoms with Crippen LogP contribution >= 0.6 is 11.6 Å². The molecule has 0 radical (unpaired) electrons. The third-order valence-electron chi connectivity index (χ3n) is 3.39. The maximum absolute atomic E-state index is 12.3. The van der Waals surface area contributed by atoms with Crippen LogP contribution in [0.15, 0.2) is 42.5 Å². The van der Waals surface area contributed by atoms with Gasteiger partial charge in [0, 0.05) is 18.8 Å². The number of rotatable bonds is 5. The molecular weight excluding hydrogens is 352 g/mol. The monoisotopic (exact) mass is 368 g/mol. The van der Waals surface area contributed by atoms with E-state index in [2.05, 4.69) is 5.32 Å². The lowest BCUT2D eigenvalue weighted by atomic mass is 10.2. The predicted molar refractivity (Wildman–Crippen MR) is 95.6 cm³/mol. The van der Waals surface area contributed by atoms with Crippen LogP contribution in [-0.2, 0) is 10.0 Å². The van der Waals surface area contributed by atoms with Crippen molar-refractivity contribution in [3.8, 4) is 5.75 Å². The highest BCUT2D eigenvalue weighted by molar-refractivity contribution is 7.92. The number of nitrogens with one attached hydrogen (secondary N) is 1. The Morgan fingerprint density at radius 1 is 1.21 bits per heavy atom. The zero-order valence-corrected chi connectivity index (χ0v) is 15.0. The molecule has 0 aliphatic heterocycles. The summed E-state index contributed by atoms with van der Waals surface area (Å²) in [6.45, 7) is 0. The first-order valence-corrected chi connectivity index (χ1v) is 9.14. The number of hydrogen-bond acceptors (Lipinski definition) is 4. The number of nitrogens with zero attached hydrogens (tertiary/aromatic N) is 1. The first kappa shape index (κ1) is 18.1. The molecule has 2 aromatic carbocycles. The molecule has 24 heavy (non-hydrogen) atoms. The van der Waals surface area contributed by atoms with Gasteiger partial charge in [-0.25, -0.2) is 8.42 Å². The molecule has 2 rings (SSSR count). The number of methoxy groups -OCH3 is 1. The summed E-state index contributed by atoms with van der Waals surface area (Å²) in [5.41, 5.74) is 1.18. The molecule has 2 aromatic rings. The van der Waals surface area contributed by atoms with E-state index in [1.54, 1.807) is 24.3 Å². The SMILES string of the molecule is COc1cccc(NC(=O)c2ccc(N(C)S(C)(=O)=O)cc2Cl)c1. The van der Waals surface area contributed by atoms with Gasteiger partial charge in [0.2, 0.25) is 10.0 Å². The van der Waals surface area contributed by atoms with E-state index >= 15 is 0 Å². The van der Waals surface area contributed by atoms with Gasteiger partial charge in [0.25, 0.3) is 5.91 Å². The highest BCUT2D eigenvalue weighted by atomic mass is 35.5. The molecule has 0 saturated heterocycles. The minimum atomic E-state index is -3.40. The third-order valence-corrected chi connectivity index (χ3v) is 4.90. The topological polar surface area (TPSA) is 75.7 Å². The molecule has 128 valence electrons. The normalized spacial score (nSPS) is 11.0. The van der Waals surface area contributed by atoms with E-state index in [4.69, 9.17) is 16.3 Å². The third kappa shape index (κ3) is 4.18. The average molecular weight is 369 g/mol. The van der Waals surface area contributed by atoms with Crippen LogP contribution in [0.25, 0.3) is 0 Å². The van der Waals surface area contributed by atoms with E-state index in [1.165, 1.54) is 32.4 Å². The highest BCUT2D eigenvalue weighted by Crippen LogP contribution is 2.25. The van der Waals surface area contributed by atoms with Gasteiger partial charge in [0.05, 0.1) is 29.6 Å². The number of sulfonamides is 1. The summed E-state index contributed by atoms with van der Waals surface area (Å²) in [4.78, 5) is 12.3. The van der Waals surface area contributed by atoms with Crippen LogP contribution < -0.4 is 14.4 Å². The Hall–Kier alpha value is -2.25. The van der Waals surface area contributed by atoms with Crippen molar-refractivity contribution in [2.75, 3.05) is 30.0 Å². The molecule has 8 heteroatoms. The number of carbonyl (C=O) groups excluding carboxylic acids is 1. The zero-order valence-electron chi connectivity index (χ0n) is 13.4. The quantitative estimate of drug-likeness (QED) is 0.880. The molecule has 6 nitrogen and oxygen atoms in total. The Morgan fingerprint density at radius 2 is 1.92 bits per heavy atom. The molecule has 0 fully saturated rings. The van der Waals surface area contributed by atoms with E-state index in [1.807, 2.05) is 0 Å². The van der Waals surface area contributed by atoms with Crippen LogP contribution in [0.2, 0.25) is 5.02 Å². The van der Waals surface area contributed by atoms with Gasteiger partial charge < -0.3 is 10.1 Å². The van der Waals surface area contributed by atoms with Crippen molar-refractivity contribution in [1.29, 1.82) is 0 Å². The first-order chi connectivity index (χ1) is 11.2. The van der Waals surface area contributed by atoms with Crippen molar-refractivity contribution in [2.24, 2.45) is 0 Å². The highest BCUT2D eigenvalue weighted by Gasteiger charge is 2.16. The average Bonchev–Trinajstić information content (AvgIpc) is 2.53. The minimum Gasteiger partial charge on any atom is -0.497 e. The molecule has 0 unspecified atom stereocenters. The van der Waals surface area contributed by atoms with Gasteiger partial charge in [0.1, 0.15) is 5.75 Å². The summed E-state index contributed by atoms with van der Waals surface area (Å²) in [6.07, 6.45) is 1.09. The number of amides is 1. The van der Waals surface area contributed by atoms with Gasteiger partial charge in [-0.2, -0.15) is 0 Å². The molecule has 1 amide bonds. The van der Waals surface area contributed by atoms with Crippen LogP contribution in [0.3, 0.4) is 0 Å². The molecule has 0 heterocycles. The largest absolute Gasteiger partial charge is 0.497 e. The lowest BCUT2D eigenvalue weighted by molar-refractivity contribution is 0.102. The second kappa shape index (κ2) is 7.11. The Labute approximate surface area is 146 Å². The Balaban J connectivity index is 2.24. The fourth-order valence-corrected chi connectivity index (χ4v) is 2.73. The van der Waals surface area contributed by atoms with Crippen LogP contribution in [0.4, 0.5) is 11.4 Å². The van der Waals surface area contributed by atoms with E-state index in [-0.39, 0.29) is 10.6 Å². The number of hydrogen-bond donors (Lipinski definition) is 1.